The van der Waals surface area contributed by atoms with Crippen LogP contribution in [0.15, 0.2) is 0 Å². The predicted molar refractivity (Wildman–Crippen MR) is 68.9 cm³/mol. The molecule has 108 valence electrons. The van der Waals surface area contributed by atoms with Gasteiger partial charge in [0.05, 0.1) is 0 Å². The van der Waals surface area contributed by atoms with Gasteiger partial charge in [-0.1, -0.05) is 0 Å². The van der Waals surface area contributed by atoms with Gasteiger partial charge in [0, 0.05) is 0 Å². The molecule has 0 aliphatic carbocycles. The van der Waals surface area contributed by atoms with Gasteiger partial charge in [0.15, 0.2) is 0 Å². The van der Waals surface area contributed by atoms with Crippen molar-refractivity contribution in [3.05, 3.63) is 0 Å². The van der Waals surface area contributed by atoms with Crippen molar-refractivity contribution in [3.63, 3.8) is 0 Å². The van der Waals surface area contributed by atoms with E-state index in [-0.39, 0.29) is 124 Å². The van der Waals surface area contributed by atoms with Crippen LogP contribution in [-0.4, -0.2) is 149 Å². The van der Waals surface area contributed by atoms with Crippen LogP contribution in [0, 0.1) is 0 Å². The van der Waals surface area contributed by atoms with Crippen LogP contribution < -0.4 is 0 Å². The van der Waals surface area contributed by atoms with Gasteiger partial charge in [-0.2, -0.15) is 8.62 Å². The molecule has 0 aromatic rings. The standard InChI is InChI=1S/3Ca.H5O10P3.2H2O.6H/c;;;1-11(2,3)9-13(7,8)10-12(4,5)6;;;;;;;;/h;;;(H,7,8)(H2,1,2,3)(H2,4,5,6);2*1H2;;;;;;. The first-order valence-electron chi connectivity index (χ1n) is 2.28. The Hall–Kier alpha value is 4.11. The van der Waals surface area contributed by atoms with Gasteiger partial charge in [0.2, 0.25) is 0 Å². The van der Waals surface area contributed by atoms with Crippen molar-refractivity contribution in [2.45, 2.75) is 0 Å². The van der Waals surface area contributed by atoms with E-state index in [1.54, 1.807) is 0 Å². The Morgan fingerprint density at radius 2 is 0.778 bits per heavy atom. The van der Waals surface area contributed by atoms with Gasteiger partial charge in [0.25, 0.3) is 0 Å². The van der Waals surface area contributed by atoms with Gasteiger partial charge >= 0.3 is 137 Å². The Labute approximate surface area is 191 Å². The summed E-state index contributed by atoms with van der Waals surface area (Å²) in [5.74, 6) is 0. The van der Waals surface area contributed by atoms with Crippen molar-refractivity contribution in [2.24, 2.45) is 0 Å². The van der Waals surface area contributed by atoms with Crippen LogP contribution in [0.25, 0.3) is 0 Å². The Morgan fingerprint density at radius 3 is 0.889 bits per heavy atom. The maximum absolute atomic E-state index is 10.4. The van der Waals surface area contributed by atoms with Crippen molar-refractivity contribution in [2.75, 3.05) is 0 Å². The first kappa shape index (κ1) is 38.0. The summed E-state index contributed by atoms with van der Waals surface area (Å²) in [6.45, 7) is 0. The van der Waals surface area contributed by atoms with Crippen molar-refractivity contribution in [3.8, 4) is 0 Å². The molecular weight excluding hydrogens is 405 g/mol. The summed E-state index contributed by atoms with van der Waals surface area (Å²) in [6, 6.07) is 0. The van der Waals surface area contributed by atoms with E-state index in [9.17, 15) is 13.7 Å². The predicted octanol–water partition coefficient (Wildman–Crippen LogP) is -5.09. The Morgan fingerprint density at radius 1 is 0.611 bits per heavy atom. The van der Waals surface area contributed by atoms with Gasteiger partial charge in [-0.15, -0.1) is 0 Å². The summed E-state index contributed by atoms with van der Waals surface area (Å²) < 4.78 is 36.4. The minimum absolute atomic E-state index is 0. The molecule has 0 saturated heterocycles. The van der Waals surface area contributed by atoms with Crippen molar-refractivity contribution in [1.29, 1.82) is 0 Å². The zero-order chi connectivity index (χ0) is 10.9. The second kappa shape index (κ2) is 14.7. The van der Waals surface area contributed by atoms with Gasteiger partial charge in [-0.05, 0) is 0 Å². The van der Waals surface area contributed by atoms with Crippen LogP contribution in [-0.2, 0) is 22.3 Å². The van der Waals surface area contributed by atoms with E-state index >= 15 is 0 Å². The normalized spacial score (nSPS) is 10.5. The van der Waals surface area contributed by atoms with Gasteiger partial charge in [-0.25, -0.2) is 13.7 Å². The fraction of sp³-hybridized carbons (Fsp3) is 0. The molecule has 0 aliphatic rings. The van der Waals surface area contributed by atoms with Crippen LogP contribution in [0.2, 0.25) is 0 Å². The monoisotopic (exact) mass is 420 g/mol. The topological polar surface area (TPSA) is 234 Å². The van der Waals surface area contributed by atoms with Crippen LogP contribution in [0.1, 0.15) is 0 Å². The average Bonchev–Trinajstić information content (AvgIpc) is 1.43. The Kier molecular flexibility index (Phi) is 31.0. The molecule has 0 aromatic carbocycles. The molecular formula is H15Ca3O12P3. The number of rotatable bonds is 4. The molecule has 18 heavy (non-hydrogen) atoms. The number of phosphoric acid groups is 3. The fourth-order valence-corrected chi connectivity index (χ4v) is 2.82. The van der Waals surface area contributed by atoms with E-state index in [1.807, 2.05) is 0 Å². The molecule has 0 aliphatic heterocycles. The Balaban J connectivity index is -0.0000000720. The van der Waals surface area contributed by atoms with Crippen molar-refractivity contribution >= 4 is 137 Å². The summed E-state index contributed by atoms with van der Waals surface area (Å²) in [6.07, 6.45) is 0. The van der Waals surface area contributed by atoms with Gasteiger partial charge < -0.3 is 35.4 Å². The molecule has 0 radical (unpaired) electrons. The summed E-state index contributed by atoms with van der Waals surface area (Å²) in [4.78, 5) is 40.2. The molecule has 18 heteroatoms. The van der Waals surface area contributed by atoms with E-state index in [0.717, 1.165) is 0 Å². The second-order valence-corrected chi connectivity index (χ2v) is 5.82. The molecule has 0 saturated carbocycles. The summed E-state index contributed by atoms with van der Waals surface area (Å²) in [7, 11) is -16.2. The number of hydrogen-bond acceptors (Lipinski definition) is 5. The van der Waals surface area contributed by atoms with E-state index < -0.39 is 23.5 Å². The zero-order valence-corrected chi connectivity index (χ0v) is 9.30. The third-order valence-corrected chi connectivity index (χ3v) is 3.77. The fourth-order valence-electron chi connectivity index (χ4n) is 0.284. The molecule has 0 rings (SSSR count). The Bertz CT molecular complexity index is 285. The van der Waals surface area contributed by atoms with Gasteiger partial charge in [0.1, 0.15) is 0 Å². The molecule has 0 fully saturated rings. The molecule has 0 atom stereocenters. The first-order chi connectivity index (χ1) is 5.41. The van der Waals surface area contributed by atoms with Crippen LogP contribution in [0.5, 0.6) is 0 Å². The molecule has 9 N–H and O–H groups in total. The molecule has 12 nitrogen and oxygen atoms in total. The van der Waals surface area contributed by atoms with Crippen LogP contribution >= 0.6 is 23.5 Å². The summed E-state index contributed by atoms with van der Waals surface area (Å²) >= 11 is 0. The van der Waals surface area contributed by atoms with E-state index in [4.69, 9.17) is 24.5 Å². The van der Waals surface area contributed by atoms with Crippen LogP contribution in [0.3, 0.4) is 0 Å². The summed E-state index contributed by atoms with van der Waals surface area (Å²) in [5, 5.41) is 0. The van der Waals surface area contributed by atoms with Crippen LogP contribution in [0.4, 0.5) is 0 Å². The molecule has 0 amide bonds. The summed E-state index contributed by atoms with van der Waals surface area (Å²) in [5.41, 5.74) is 0. The average molecular weight is 420 g/mol. The first-order valence-corrected chi connectivity index (χ1v) is 6.83. The zero-order valence-electron chi connectivity index (χ0n) is 6.62. The van der Waals surface area contributed by atoms with Crippen molar-refractivity contribution in [1.82, 2.24) is 0 Å². The quantitative estimate of drug-likeness (QED) is 0.214. The maximum atomic E-state index is 10.4. The molecule has 0 bridgehead atoms. The van der Waals surface area contributed by atoms with E-state index in [1.165, 1.54) is 0 Å². The van der Waals surface area contributed by atoms with Gasteiger partial charge in [-0.3, -0.25) is 0 Å². The van der Waals surface area contributed by atoms with E-state index in [0.29, 0.717) is 0 Å². The minimum atomic E-state index is -5.46. The SMILES string of the molecule is O.O.O=P(O)(O)OP(=O)(O)OP(=O)(O)O.[CaH2].[CaH2].[CaH2]. The van der Waals surface area contributed by atoms with E-state index in [2.05, 4.69) is 8.62 Å². The molecule has 0 heterocycles. The third kappa shape index (κ3) is 28.3. The second-order valence-electron chi connectivity index (χ2n) is 1.61. The number of hydrogen-bond donors (Lipinski definition) is 5. The third-order valence-electron chi connectivity index (χ3n) is 0.419. The van der Waals surface area contributed by atoms with Crippen molar-refractivity contribution < 1.29 is 57.7 Å². The molecule has 0 unspecified atom stereocenters. The molecule has 0 aromatic heterocycles. The molecule has 0 spiro atoms.